The first-order valence-corrected chi connectivity index (χ1v) is 6.12. The second kappa shape index (κ2) is 4.94. The molecule has 2 rings (SSSR count). The average Bonchev–Trinajstić information content (AvgIpc) is 2.82. The molecule has 0 fully saturated rings. The molecular formula is C13H9F3OS. The van der Waals surface area contributed by atoms with E-state index in [9.17, 15) is 18.0 Å². The van der Waals surface area contributed by atoms with Gasteiger partial charge in [0.15, 0.2) is 5.78 Å². The van der Waals surface area contributed by atoms with E-state index < -0.39 is 17.9 Å². The number of Topliss-reactive ketones (excluding diaryl/α,β-unsaturated/α-hetero) is 1. The third-order valence-corrected chi connectivity index (χ3v) is 3.21. The summed E-state index contributed by atoms with van der Waals surface area (Å²) in [5.41, 5.74) is 0.0763. The van der Waals surface area contributed by atoms with Crippen molar-refractivity contribution in [1.82, 2.24) is 0 Å². The molecule has 0 aliphatic carbocycles. The number of hydrogen-bond acceptors (Lipinski definition) is 2. The quantitative estimate of drug-likeness (QED) is 0.761. The van der Waals surface area contributed by atoms with Crippen molar-refractivity contribution in [3.05, 3.63) is 58.3 Å². The fraction of sp³-hybridized carbons (Fsp3) is 0.154. The molecule has 1 atom stereocenters. The van der Waals surface area contributed by atoms with E-state index >= 15 is 0 Å². The van der Waals surface area contributed by atoms with Crippen LogP contribution in [-0.4, -0.2) is 12.0 Å². The van der Waals surface area contributed by atoms with E-state index in [1.807, 2.05) is 0 Å². The molecule has 2 aromatic rings. The van der Waals surface area contributed by atoms with Crippen molar-refractivity contribution in [2.24, 2.45) is 0 Å². The van der Waals surface area contributed by atoms with Gasteiger partial charge in [-0.25, -0.2) is 0 Å². The monoisotopic (exact) mass is 270 g/mol. The summed E-state index contributed by atoms with van der Waals surface area (Å²) in [5.74, 6) is -3.00. The summed E-state index contributed by atoms with van der Waals surface area (Å²) in [6.07, 6.45) is -4.58. The smallest absolute Gasteiger partial charge is 0.293 e. The molecule has 0 saturated heterocycles. The first-order chi connectivity index (χ1) is 8.50. The van der Waals surface area contributed by atoms with Gasteiger partial charge in [-0.05, 0) is 17.0 Å². The van der Waals surface area contributed by atoms with Crippen molar-refractivity contribution < 1.29 is 18.0 Å². The second-order valence-electron chi connectivity index (χ2n) is 3.76. The van der Waals surface area contributed by atoms with Crippen LogP contribution in [0.2, 0.25) is 0 Å². The molecule has 18 heavy (non-hydrogen) atoms. The number of hydrogen-bond donors (Lipinski definition) is 0. The average molecular weight is 270 g/mol. The van der Waals surface area contributed by atoms with Gasteiger partial charge in [-0.3, -0.25) is 4.79 Å². The van der Waals surface area contributed by atoms with Crippen LogP contribution in [0.3, 0.4) is 0 Å². The summed E-state index contributed by atoms with van der Waals surface area (Å²) in [6, 6.07) is 8.66. The number of alkyl halides is 3. The number of rotatable bonds is 3. The highest BCUT2D eigenvalue weighted by Crippen LogP contribution is 2.37. The molecule has 5 heteroatoms. The molecule has 0 amide bonds. The normalized spacial score (nSPS) is 13.3. The van der Waals surface area contributed by atoms with E-state index in [2.05, 4.69) is 0 Å². The number of thiophene rings is 1. The molecule has 1 aromatic heterocycles. The van der Waals surface area contributed by atoms with Crippen molar-refractivity contribution in [2.75, 3.05) is 0 Å². The van der Waals surface area contributed by atoms with Crippen molar-refractivity contribution in [2.45, 2.75) is 12.1 Å². The highest BCUT2D eigenvalue weighted by Gasteiger charge is 2.45. The Labute approximate surface area is 106 Å². The summed E-state index contributed by atoms with van der Waals surface area (Å²) in [4.78, 5) is 11.9. The predicted molar refractivity (Wildman–Crippen MR) is 63.9 cm³/mol. The Morgan fingerprint density at radius 1 is 1.11 bits per heavy atom. The van der Waals surface area contributed by atoms with Gasteiger partial charge in [-0.1, -0.05) is 30.3 Å². The number of benzene rings is 1. The predicted octanol–water partition coefficient (Wildman–Crippen LogP) is 4.28. The molecule has 0 bridgehead atoms. The minimum Gasteiger partial charge on any atom is -0.293 e. The molecule has 0 aliphatic heterocycles. The molecule has 0 radical (unpaired) electrons. The van der Waals surface area contributed by atoms with Crippen LogP contribution in [0.1, 0.15) is 21.8 Å². The number of ketones is 1. The topological polar surface area (TPSA) is 17.1 Å². The summed E-state index contributed by atoms with van der Waals surface area (Å²) in [5, 5.41) is 3.02. The van der Waals surface area contributed by atoms with E-state index in [0.717, 1.165) is 0 Å². The van der Waals surface area contributed by atoms with Gasteiger partial charge in [0, 0.05) is 10.9 Å². The van der Waals surface area contributed by atoms with Crippen LogP contribution in [-0.2, 0) is 0 Å². The second-order valence-corrected chi connectivity index (χ2v) is 4.54. The maximum absolute atomic E-state index is 13.0. The maximum atomic E-state index is 13.0. The van der Waals surface area contributed by atoms with Crippen LogP contribution in [0, 0.1) is 0 Å². The fourth-order valence-corrected chi connectivity index (χ4v) is 2.35. The van der Waals surface area contributed by atoms with Gasteiger partial charge in [-0.15, -0.1) is 0 Å². The Hall–Kier alpha value is -1.62. The first-order valence-electron chi connectivity index (χ1n) is 5.18. The molecule has 0 unspecified atom stereocenters. The van der Waals surface area contributed by atoms with E-state index in [0.29, 0.717) is 0 Å². The van der Waals surface area contributed by atoms with Crippen molar-refractivity contribution in [1.29, 1.82) is 0 Å². The van der Waals surface area contributed by atoms with Crippen LogP contribution < -0.4 is 0 Å². The first kappa shape index (κ1) is 12.8. The molecule has 1 nitrogen and oxygen atoms in total. The minimum absolute atomic E-state index is 0.0267. The molecule has 1 heterocycles. The largest absolute Gasteiger partial charge is 0.402 e. The zero-order valence-corrected chi connectivity index (χ0v) is 9.96. The maximum Gasteiger partial charge on any atom is 0.402 e. The number of carbonyl (C=O) groups excluding carboxylic acids is 1. The number of carbonyl (C=O) groups is 1. The minimum atomic E-state index is -4.58. The molecule has 0 aliphatic rings. The van der Waals surface area contributed by atoms with Crippen LogP contribution in [0.5, 0.6) is 0 Å². The van der Waals surface area contributed by atoms with E-state index in [4.69, 9.17) is 0 Å². The standard InChI is InChI=1S/C13H9F3OS/c14-13(15,16)11(9-4-2-1-3-5-9)12(17)10-6-7-18-8-10/h1-8,11H/t11-/m1/s1. The molecule has 94 valence electrons. The van der Waals surface area contributed by atoms with Gasteiger partial charge in [0.1, 0.15) is 5.92 Å². The Kier molecular flexibility index (Phi) is 3.52. The zero-order valence-electron chi connectivity index (χ0n) is 9.15. The van der Waals surface area contributed by atoms with Gasteiger partial charge >= 0.3 is 6.18 Å². The van der Waals surface area contributed by atoms with Crippen LogP contribution >= 0.6 is 11.3 Å². The number of halogens is 3. The third-order valence-electron chi connectivity index (χ3n) is 2.53. The van der Waals surface area contributed by atoms with Gasteiger partial charge < -0.3 is 0 Å². The third kappa shape index (κ3) is 2.61. The van der Waals surface area contributed by atoms with Crippen molar-refractivity contribution in [3.8, 4) is 0 Å². The van der Waals surface area contributed by atoms with Crippen LogP contribution in [0.25, 0.3) is 0 Å². The summed E-state index contributed by atoms with van der Waals surface area (Å²) >= 11 is 1.20. The lowest BCUT2D eigenvalue weighted by Gasteiger charge is -2.19. The Morgan fingerprint density at radius 3 is 2.28 bits per heavy atom. The lowest BCUT2D eigenvalue weighted by molar-refractivity contribution is -0.139. The fourth-order valence-electron chi connectivity index (χ4n) is 1.71. The summed E-state index contributed by atoms with van der Waals surface area (Å²) in [6.45, 7) is 0. The molecule has 0 saturated carbocycles. The molecule has 1 aromatic carbocycles. The molecule has 0 N–H and O–H groups in total. The highest BCUT2D eigenvalue weighted by molar-refractivity contribution is 7.08. The summed E-state index contributed by atoms with van der Waals surface area (Å²) in [7, 11) is 0. The van der Waals surface area contributed by atoms with Gasteiger partial charge in [0.05, 0.1) is 0 Å². The van der Waals surface area contributed by atoms with E-state index in [1.54, 1.807) is 11.4 Å². The lowest BCUT2D eigenvalue weighted by atomic mass is 9.91. The van der Waals surface area contributed by atoms with Gasteiger partial charge in [0.2, 0.25) is 0 Å². The molecular weight excluding hydrogens is 261 g/mol. The Balaban J connectivity index is 2.42. The summed E-state index contributed by atoms with van der Waals surface area (Å²) < 4.78 is 39.1. The Bertz CT molecular complexity index is 517. The van der Waals surface area contributed by atoms with Crippen molar-refractivity contribution in [3.63, 3.8) is 0 Å². The molecule has 0 spiro atoms. The SMILES string of the molecule is O=C(c1ccsc1)[C@@H](c1ccccc1)C(F)(F)F. The van der Waals surface area contributed by atoms with Crippen LogP contribution in [0.4, 0.5) is 13.2 Å². The van der Waals surface area contributed by atoms with Crippen molar-refractivity contribution >= 4 is 17.1 Å². The lowest BCUT2D eigenvalue weighted by Crippen LogP contribution is -2.28. The van der Waals surface area contributed by atoms with Crippen LogP contribution in [0.15, 0.2) is 47.2 Å². The highest BCUT2D eigenvalue weighted by atomic mass is 32.1. The Morgan fingerprint density at radius 2 is 1.78 bits per heavy atom. The van der Waals surface area contributed by atoms with E-state index in [1.165, 1.54) is 47.0 Å². The van der Waals surface area contributed by atoms with Gasteiger partial charge in [-0.2, -0.15) is 24.5 Å². The van der Waals surface area contributed by atoms with E-state index in [-0.39, 0.29) is 11.1 Å². The van der Waals surface area contributed by atoms with Gasteiger partial charge in [0.25, 0.3) is 0 Å². The zero-order chi connectivity index (χ0) is 13.2.